The second kappa shape index (κ2) is 6.22. The van der Waals surface area contributed by atoms with E-state index in [4.69, 9.17) is 4.74 Å². The van der Waals surface area contributed by atoms with Gasteiger partial charge in [0.25, 0.3) is 5.91 Å². The van der Waals surface area contributed by atoms with Gasteiger partial charge in [0.2, 0.25) is 5.91 Å². The van der Waals surface area contributed by atoms with Gasteiger partial charge in [-0.1, -0.05) is 12.1 Å². The van der Waals surface area contributed by atoms with Gasteiger partial charge >= 0.3 is 5.97 Å². The molecule has 3 rings (SSSR count). The fourth-order valence-corrected chi connectivity index (χ4v) is 2.14. The van der Waals surface area contributed by atoms with E-state index < -0.39 is 18.5 Å². The van der Waals surface area contributed by atoms with Crippen molar-refractivity contribution in [1.29, 1.82) is 0 Å². The number of fused-ring (bicyclic) bond motifs is 1. The average Bonchev–Trinajstić information content (AvgIpc) is 2.59. The molecule has 0 bridgehead atoms. The van der Waals surface area contributed by atoms with Gasteiger partial charge in [-0.2, -0.15) is 0 Å². The number of para-hydroxylation sites is 2. The summed E-state index contributed by atoms with van der Waals surface area (Å²) in [5, 5.41) is 2.68. The summed E-state index contributed by atoms with van der Waals surface area (Å²) in [5.41, 5.74) is 1.11. The number of hydrogen-bond acceptors (Lipinski definition) is 6. The van der Waals surface area contributed by atoms with Gasteiger partial charge in [0.05, 0.1) is 17.6 Å². The molecule has 0 radical (unpaired) electrons. The van der Waals surface area contributed by atoms with Crippen LogP contribution in [-0.2, 0) is 14.3 Å². The number of anilines is 2. The maximum atomic E-state index is 12.3. The summed E-state index contributed by atoms with van der Waals surface area (Å²) >= 11 is 0. The van der Waals surface area contributed by atoms with Crippen LogP contribution in [0.5, 0.6) is 0 Å². The SMILES string of the molecule is O=C1CN(C(=O)COC(=O)c2cnccn2)c2ccccc2N1. The first-order valence-corrected chi connectivity index (χ1v) is 6.77. The molecule has 116 valence electrons. The standard InChI is InChI=1S/C15H12N4O4/c20-13-8-19(12-4-2-1-3-10(12)18-13)14(21)9-23-15(22)11-7-16-5-6-17-11/h1-7H,8-9H2,(H,18,20). The number of carbonyl (C=O) groups excluding carboxylic acids is 3. The fourth-order valence-electron chi connectivity index (χ4n) is 2.14. The lowest BCUT2D eigenvalue weighted by atomic mass is 10.2. The zero-order valence-electron chi connectivity index (χ0n) is 11.9. The lowest BCUT2D eigenvalue weighted by Crippen LogP contribution is -2.44. The highest BCUT2D eigenvalue weighted by Crippen LogP contribution is 2.28. The molecular formula is C15H12N4O4. The van der Waals surface area contributed by atoms with E-state index in [9.17, 15) is 14.4 Å². The van der Waals surface area contributed by atoms with Crippen molar-refractivity contribution in [3.8, 4) is 0 Å². The molecule has 2 amide bonds. The highest BCUT2D eigenvalue weighted by molar-refractivity contribution is 6.10. The van der Waals surface area contributed by atoms with Crippen LogP contribution in [0.3, 0.4) is 0 Å². The Morgan fingerprint density at radius 3 is 2.87 bits per heavy atom. The highest BCUT2D eigenvalue weighted by atomic mass is 16.5. The van der Waals surface area contributed by atoms with Gasteiger partial charge in [-0.25, -0.2) is 9.78 Å². The molecule has 1 N–H and O–H groups in total. The molecule has 2 heterocycles. The molecule has 0 unspecified atom stereocenters. The molecule has 2 aromatic rings. The monoisotopic (exact) mass is 312 g/mol. The summed E-state index contributed by atoms with van der Waals surface area (Å²) in [7, 11) is 0. The zero-order chi connectivity index (χ0) is 16.2. The third-order valence-corrected chi connectivity index (χ3v) is 3.17. The number of benzene rings is 1. The zero-order valence-corrected chi connectivity index (χ0v) is 11.9. The largest absolute Gasteiger partial charge is 0.451 e. The maximum absolute atomic E-state index is 12.3. The summed E-state index contributed by atoms with van der Waals surface area (Å²) in [6.45, 7) is -0.616. The van der Waals surface area contributed by atoms with Crippen LogP contribution in [0, 0.1) is 0 Å². The van der Waals surface area contributed by atoms with Crippen molar-refractivity contribution in [2.75, 3.05) is 23.4 Å². The van der Waals surface area contributed by atoms with Crippen molar-refractivity contribution in [1.82, 2.24) is 9.97 Å². The number of amides is 2. The van der Waals surface area contributed by atoms with Crippen molar-refractivity contribution >= 4 is 29.2 Å². The van der Waals surface area contributed by atoms with Crippen molar-refractivity contribution in [3.05, 3.63) is 48.5 Å². The number of ether oxygens (including phenoxy) is 1. The van der Waals surface area contributed by atoms with Gasteiger partial charge in [0.15, 0.2) is 12.3 Å². The van der Waals surface area contributed by atoms with E-state index in [1.165, 1.54) is 23.5 Å². The maximum Gasteiger partial charge on any atom is 0.359 e. The van der Waals surface area contributed by atoms with E-state index in [1.807, 2.05) is 0 Å². The Morgan fingerprint density at radius 1 is 1.26 bits per heavy atom. The Balaban J connectivity index is 1.69. The van der Waals surface area contributed by atoms with Gasteiger partial charge in [0.1, 0.15) is 6.54 Å². The minimum absolute atomic E-state index is 0.0112. The number of esters is 1. The molecule has 1 aromatic carbocycles. The Labute approximate surface area is 131 Å². The molecule has 0 saturated heterocycles. The smallest absolute Gasteiger partial charge is 0.359 e. The van der Waals surface area contributed by atoms with E-state index in [-0.39, 0.29) is 18.1 Å². The fraction of sp³-hybridized carbons (Fsp3) is 0.133. The third-order valence-electron chi connectivity index (χ3n) is 3.17. The van der Waals surface area contributed by atoms with Crippen LogP contribution in [0.15, 0.2) is 42.9 Å². The second-order valence-electron chi connectivity index (χ2n) is 4.71. The van der Waals surface area contributed by atoms with E-state index in [2.05, 4.69) is 15.3 Å². The van der Waals surface area contributed by atoms with E-state index in [0.29, 0.717) is 11.4 Å². The summed E-state index contributed by atoms with van der Waals surface area (Å²) in [6.07, 6.45) is 4.02. The van der Waals surface area contributed by atoms with Gasteiger partial charge in [-0.15, -0.1) is 0 Å². The van der Waals surface area contributed by atoms with Crippen LogP contribution in [0.25, 0.3) is 0 Å². The van der Waals surface area contributed by atoms with E-state index in [0.717, 1.165) is 0 Å². The molecule has 0 fully saturated rings. The molecule has 0 saturated carbocycles. The summed E-state index contributed by atoms with van der Waals surface area (Å²) in [6, 6.07) is 6.90. The van der Waals surface area contributed by atoms with Gasteiger partial charge in [-0.3, -0.25) is 19.5 Å². The normalized spacial score (nSPS) is 13.0. The summed E-state index contributed by atoms with van der Waals surface area (Å²) in [4.78, 5) is 44.5. The van der Waals surface area contributed by atoms with Crippen molar-refractivity contribution in [3.63, 3.8) is 0 Å². The lowest BCUT2D eigenvalue weighted by molar-refractivity contribution is -0.124. The number of nitrogens with zero attached hydrogens (tertiary/aromatic N) is 3. The Kier molecular flexibility index (Phi) is 3.96. The molecule has 0 atom stereocenters. The van der Waals surface area contributed by atoms with Crippen LogP contribution in [0.4, 0.5) is 11.4 Å². The Bertz CT molecular complexity index is 763. The van der Waals surface area contributed by atoms with Crippen molar-refractivity contribution < 1.29 is 19.1 Å². The van der Waals surface area contributed by atoms with Crippen molar-refractivity contribution in [2.45, 2.75) is 0 Å². The average molecular weight is 312 g/mol. The molecule has 23 heavy (non-hydrogen) atoms. The number of carbonyl (C=O) groups is 3. The van der Waals surface area contributed by atoms with Gasteiger partial charge in [-0.05, 0) is 12.1 Å². The minimum atomic E-state index is -0.749. The van der Waals surface area contributed by atoms with Crippen LogP contribution in [-0.4, -0.2) is 40.9 Å². The summed E-state index contributed by atoms with van der Waals surface area (Å²) < 4.78 is 4.93. The predicted molar refractivity (Wildman–Crippen MR) is 79.7 cm³/mol. The molecule has 0 aliphatic carbocycles. The minimum Gasteiger partial charge on any atom is -0.451 e. The van der Waals surface area contributed by atoms with Crippen LogP contribution >= 0.6 is 0 Å². The third kappa shape index (κ3) is 3.15. The van der Waals surface area contributed by atoms with Crippen molar-refractivity contribution in [2.24, 2.45) is 0 Å². The number of nitrogens with one attached hydrogen (secondary N) is 1. The van der Waals surface area contributed by atoms with Gasteiger partial charge in [0, 0.05) is 12.4 Å². The Hall–Kier alpha value is -3.29. The van der Waals surface area contributed by atoms with Crippen LogP contribution < -0.4 is 10.2 Å². The quantitative estimate of drug-likeness (QED) is 0.834. The molecule has 0 spiro atoms. The first-order chi connectivity index (χ1) is 11.1. The van der Waals surface area contributed by atoms with Gasteiger partial charge < -0.3 is 10.1 Å². The topological polar surface area (TPSA) is 101 Å². The molecular weight excluding hydrogens is 300 g/mol. The lowest BCUT2D eigenvalue weighted by Gasteiger charge is -2.28. The molecule has 1 aliphatic heterocycles. The highest BCUT2D eigenvalue weighted by Gasteiger charge is 2.27. The summed E-state index contributed by atoms with van der Waals surface area (Å²) in [5.74, 6) is -1.55. The number of rotatable bonds is 3. The van der Waals surface area contributed by atoms with E-state index in [1.54, 1.807) is 24.3 Å². The molecule has 1 aromatic heterocycles. The first kappa shape index (κ1) is 14.6. The number of hydrogen-bond donors (Lipinski definition) is 1. The predicted octanol–water partition coefficient (Wildman–Crippen LogP) is 0.619. The Morgan fingerprint density at radius 2 is 2.09 bits per heavy atom. The number of aromatic nitrogens is 2. The van der Waals surface area contributed by atoms with E-state index >= 15 is 0 Å². The second-order valence-corrected chi connectivity index (χ2v) is 4.71. The van der Waals surface area contributed by atoms with Crippen LogP contribution in [0.1, 0.15) is 10.5 Å². The first-order valence-electron chi connectivity index (χ1n) is 6.77. The molecule has 1 aliphatic rings. The molecule has 8 nitrogen and oxygen atoms in total. The molecule has 8 heteroatoms. The van der Waals surface area contributed by atoms with Crippen LogP contribution in [0.2, 0.25) is 0 Å².